The lowest BCUT2D eigenvalue weighted by atomic mass is 9.97. The van der Waals surface area contributed by atoms with Crippen LogP contribution in [0.2, 0.25) is 0 Å². The smallest absolute Gasteiger partial charge is 0.238 e. The van der Waals surface area contributed by atoms with Crippen LogP contribution >= 0.6 is 0 Å². The molecule has 1 N–H and O–H groups in total. The monoisotopic (exact) mass is 209 g/mol. The van der Waals surface area contributed by atoms with E-state index in [9.17, 15) is 4.79 Å². The predicted molar refractivity (Wildman–Crippen MR) is 58.1 cm³/mol. The van der Waals surface area contributed by atoms with Gasteiger partial charge in [-0.25, -0.2) is 0 Å². The van der Waals surface area contributed by atoms with E-state index in [-0.39, 0.29) is 23.9 Å². The number of hydrogen-bond donors (Lipinski definition) is 1. The third-order valence-electron chi connectivity index (χ3n) is 2.60. The second-order valence-corrected chi connectivity index (χ2v) is 4.72. The molecule has 1 aliphatic rings. The normalized spacial score (nSPS) is 25.7. The zero-order chi connectivity index (χ0) is 11.5. The van der Waals surface area contributed by atoms with E-state index in [4.69, 9.17) is 5.26 Å². The third-order valence-corrected chi connectivity index (χ3v) is 2.60. The molecule has 0 aliphatic carbocycles. The van der Waals surface area contributed by atoms with Crippen LogP contribution < -0.4 is 5.32 Å². The molecule has 84 valence electrons. The summed E-state index contributed by atoms with van der Waals surface area (Å²) in [6.45, 7) is 7.80. The maximum atomic E-state index is 11.8. The first-order chi connectivity index (χ1) is 7.00. The van der Waals surface area contributed by atoms with Crippen molar-refractivity contribution in [3.63, 3.8) is 0 Å². The van der Waals surface area contributed by atoms with Crippen molar-refractivity contribution in [1.82, 2.24) is 10.2 Å². The van der Waals surface area contributed by atoms with Crippen molar-refractivity contribution in [3.8, 4) is 6.07 Å². The maximum absolute atomic E-state index is 11.8. The Hall–Kier alpha value is -1.08. The minimum atomic E-state index is -0.261. The molecule has 0 aromatic rings. The van der Waals surface area contributed by atoms with E-state index in [1.54, 1.807) is 0 Å². The van der Waals surface area contributed by atoms with Crippen LogP contribution in [0.3, 0.4) is 0 Å². The van der Waals surface area contributed by atoms with Gasteiger partial charge in [0.1, 0.15) is 6.04 Å². The second kappa shape index (κ2) is 4.63. The van der Waals surface area contributed by atoms with Gasteiger partial charge in [-0.2, -0.15) is 5.26 Å². The molecule has 4 heteroatoms. The van der Waals surface area contributed by atoms with Gasteiger partial charge in [0, 0.05) is 12.1 Å². The Bertz CT molecular complexity index is 280. The molecule has 0 aromatic heterocycles. The van der Waals surface area contributed by atoms with Crippen LogP contribution in [-0.4, -0.2) is 35.5 Å². The lowest BCUT2D eigenvalue weighted by Crippen LogP contribution is -2.64. The number of hydrogen-bond acceptors (Lipinski definition) is 3. The molecule has 1 atom stereocenters. The second-order valence-electron chi connectivity index (χ2n) is 4.72. The summed E-state index contributed by atoms with van der Waals surface area (Å²) >= 11 is 0. The van der Waals surface area contributed by atoms with Crippen molar-refractivity contribution >= 4 is 5.91 Å². The first-order valence-electron chi connectivity index (χ1n) is 5.43. The van der Waals surface area contributed by atoms with Gasteiger partial charge in [-0.15, -0.1) is 0 Å². The molecule has 1 fully saturated rings. The lowest BCUT2D eigenvalue weighted by Gasteiger charge is -2.42. The first kappa shape index (κ1) is 12.0. The molecule has 4 nitrogen and oxygen atoms in total. The number of amides is 1. The van der Waals surface area contributed by atoms with Gasteiger partial charge in [-0.1, -0.05) is 6.92 Å². The predicted octanol–water partition coefficient (Wildman–Crippen LogP) is 0.889. The molecule has 1 saturated heterocycles. The van der Waals surface area contributed by atoms with E-state index in [2.05, 4.69) is 23.2 Å². The Labute approximate surface area is 91.2 Å². The van der Waals surface area contributed by atoms with Gasteiger partial charge in [-0.3, -0.25) is 9.69 Å². The maximum Gasteiger partial charge on any atom is 0.238 e. The molecule has 0 spiro atoms. The van der Waals surface area contributed by atoms with E-state index in [0.29, 0.717) is 0 Å². The van der Waals surface area contributed by atoms with Crippen molar-refractivity contribution in [2.75, 3.05) is 13.1 Å². The number of nitrogens with zero attached hydrogens (tertiary/aromatic N) is 2. The van der Waals surface area contributed by atoms with Gasteiger partial charge >= 0.3 is 0 Å². The Balaban J connectivity index is 2.77. The minimum absolute atomic E-state index is 0.0127. The highest BCUT2D eigenvalue weighted by Crippen LogP contribution is 2.18. The Morgan fingerprint density at radius 3 is 2.87 bits per heavy atom. The van der Waals surface area contributed by atoms with Crippen LogP contribution in [0.15, 0.2) is 0 Å². The SMILES string of the molecule is CCCN1CC(C)(C)NC(=O)C1CC#N. The summed E-state index contributed by atoms with van der Waals surface area (Å²) in [5.74, 6) is -0.0127. The van der Waals surface area contributed by atoms with Crippen molar-refractivity contribution in [3.05, 3.63) is 0 Å². The minimum Gasteiger partial charge on any atom is -0.349 e. The van der Waals surface area contributed by atoms with Crippen molar-refractivity contribution < 1.29 is 4.79 Å². The Morgan fingerprint density at radius 2 is 2.33 bits per heavy atom. The fraction of sp³-hybridized carbons (Fsp3) is 0.818. The number of carbonyl (C=O) groups is 1. The number of nitrogens with one attached hydrogen (secondary N) is 1. The largest absolute Gasteiger partial charge is 0.349 e. The fourth-order valence-electron chi connectivity index (χ4n) is 2.07. The van der Waals surface area contributed by atoms with E-state index in [1.807, 2.05) is 13.8 Å². The molecule has 0 bridgehead atoms. The van der Waals surface area contributed by atoms with Crippen molar-refractivity contribution in [2.24, 2.45) is 0 Å². The molecule has 1 rings (SSSR count). The molecule has 0 saturated carbocycles. The molecule has 1 heterocycles. The van der Waals surface area contributed by atoms with Crippen LogP contribution in [0.25, 0.3) is 0 Å². The quantitative estimate of drug-likeness (QED) is 0.751. The van der Waals surface area contributed by atoms with Crippen molar-refractivity contribution in [1.29, 1.82) is 5.26 Å². The summed E-state index contributed by atoms with van der Waals surface area (Å²) in [4.78, 5) is 13.9. The summed E-state index contributed by atoms with van der Waals surface area (Å²) in [7, 11) is 0. The van der Waals surface area contributed by atoms with Gasteiger partial charge in [0.2, 0.25) is 5.91 Å². The van der Waals surface area contributed by atoms with Crippen LogP contribution in [0, 0.1) is 11.3 Å². The number of carbonyl (C=O) groups excluding carboxylic acids is 1. The van der Waals surface area contributed by atoms with E-state index in [0.717, 1.165) is 19.5 Å². The van der Waals surface area contributed by atoms with Gasteiger partial charge in [0.05, 0.1) is 12.5 Å². The van der Waals surface area contributed by atoms with Gasteiger partial charge < -0.3 is 5.32 Å². The standard InChI is InChI=1S/C11H19N3O/c1-4-7-14-8-11(2,3)13-10(15)9(14)5-6-12/h9H,4-5,7-8H2,1-3H3,(H,13,15). The number of rotatable bonds is 3. The number of piperazine rings is 1. The van der Waals surface area contributed by atoms with Gasteiger partial charge in [0.25, 0.3) is 0 Å². The zero-order valence-corrected chi connectivity index (χ0v) is 9.71. The molecule has 1 amide bonds. The van der Waals surface area contributed by atoms with Crippen LogP contribution in [0.5, 0.6) is 0 Å². The van der Waals surface area contributed by atoms with E-state index >= 15 is 0 Å². The Morgan fingerprint density at radius 1 is 1.67 bits per heavy atom. The van der Waals surface area contributed by atoms with Crippen molar-refractivity contribution in [2.45, 2.75) is 45.2 Å². The summed E-state index contributed by atoms with van der Waals surface area (Å²) in [6, 6.07) is 1.82. The molecule has 1 aliphatic heterocycles. The summed E-state index contributed by atoms with van der Waals surface area (Å²) in [5, 5.41) is 11.6. The highest BCUT2D eigenvalue weighted by atomic mass is 16.2. The average Bonchev–Trinajstić information content (AvgIpc) is 2.10. The molecule has 0 aromatic carbocycles. The average molecular weight is 209 g/mol. The molecular weight excluding hydrogens is 190 g/mol. The highest BCUT2D eigenvalue weighted by Gasteiger charge is 2.37. The molecule has 0 radical (unpaired) electrons. The Kier molecular flexibility index (Phi) is 3.70. The lowest BCUT2D eigenvalue weighted by molar-refractivity contribution is -0.132. The van der Waals surface area contributed by atoms with Crippen LogP contribution in [0.1, 0.15) is 33.6 Å². The molecular formula is C11H19N3O. The van der Waals surface area contributed by atoms with Gasteiger partial charge in [0.15, 0.2) is 0 Å². The molecule has 15 heavy (non-hydrogen) atoms. The summed E-state index contributed by atoms with van der Waals surface area (Å²) in [6.07, 6.45) is 1.28. The van der Waals surface area contributed by atoms with E-state index in [1.165, 1.54) is 0 Å². The van der Waals surface area contributed by atoms with E-state index < -0.39 is 0 Å². The summed E-state index contributed by atoms with van der Waals surface area (Å²) < 4.78 is 0. The van der Waals surface area contributed by atoms with Crippen LogP contribution in [-0.2, 0) is 4.79 Å². The molecule has 1 unspecified atom stereocenters. The number of nitriles is 1. The topological polar surface area (TPSA) is 56.1 Å². The fourth-order valence-corrected chi connectivity index (χ4v) is 2.07. The van der Waals surface area contributed by atoms with Crippen LogP contribution in [0.4, 0.5) is 0 Å². The summed E-state index contributed by atoms with van der Waals surface area (Å²) in [5.41, 5.74) is -0.182. The van der Waals surface area contributed by atoms with Gasteiger partial charge in [-0.05, 0) is 26.8 Å². The first-order valence-corrected chi connectivity index (χ1v) is 5.43. The highest BCUT2D eigenvalue weighted by molar-refractivity contribution is 5.83. The third kappa shape index (κ3) is 2.93. The zero-order valence-electron chi connectivity index (χ0n) is 9.71.